The van der Waals surface area contributed by atoms with Gasteiger partial charge in [0.25, 0.3) is 0 Å². The van der Waals surface area contributed by atoms with Gasteiger partial charge in [-0.05, 0) is 43.4 Å². The number of hydrogen-bond acceptors (Lipinski definition) is 5. The van der Waals surface area contributed by atoms with Crippen molar-refractivity contribution >= 4 is 10.9 Å². The highest BCUT2D eigenvalue weighted by atomic mass is 16.5. The number of hydrogen-bond donors (Lipinski definition) is 1. The van der Waals surface area contributed by atoms with E-state index in [4.69, 9.17) is 10.00 Å². The lowest BCUT2D eigenvalue weighted by Crippen LogP contribution is -2.33. The molecule has 1 heterocycles. The molecule has 5 heteroatoms. The van der Waals surface area contributed by atoms with Gasteiger partial charge in [-0.15, -0.1) is 0 Å². The molecule has 3 aromatic rings. The van der Waals surface area contributed by atoms with Gasteiger partial charge in [0.2, 0.25) is 0 Å². The van der Waals surface area contributed by atoms with E-state index in [1.807, 2.05) is 42.3 Å². The Hall–Kier alpha value is -2.94. The molecule has 0 aliphatic rings. The van der Waals surface area contributed by atoms with Gasteiger partial charge in [-0.2, -0.15) is 5.26 Å². The number of ether oxygens (including phenoxy) is 1. The second-order valence-corrected chi connectivity index (χ2v) is 6.29. The van der Waals surface area contributed by atoms with Gasteiger partial charge in [-0.25, -0.2) is 0 Å². The molecule has 0 aliphatic carbocycles. The summed E-state index contributed by atoms with van der Waals surface area (Å²) in [5.74, 6) is 0.641. The standard InChI is InChI=1S/C21H21N3O2/c1-24(13-18-9-8-17-4-2-3-5-21(17)23-18)14-19(25)15-26-20-10-6-16(12-22)7-11-20/h2-11,19,25H,13-15H2,1H3. The molecule has 3 rings (SSSR count). The molecule has 0 spiro atoms. The number of rotatable bonds is 7. The van der Waals surface area contributed by atoms with Crippen LogP contribution in [0.2, 0.25) is 0 Å². The van der Waals surface area contributed by atoms with Crippen molar-refractivity contribution < 1.29 is 9.84 Å². The van der Waals surface area contributed by atoms with Crippen molar-refractivity contribution in [3.8, 4) is 11.8 Å². The number of aliphatic hydroxyl groups excluding tert-OH is 1. The fraction of sp³-hybridized carbons (Fsp3) is 0.238. The Kier molecular flexibility index (Phi) is 5.80. The first kappa shape index (κ1) is 17.9. The maximum absolute atomic E-state index is 10.2. The Bertz CT molecular complexity index is 903. The fourth-order valence-electron chi connectivity index (χ4n) is 2.77. The molecule has 0 bridgehead atoms. The SMILES string of the molecule is CN(Cc1ccc2ccccc2n1)CC(O)COc1ccc(C#N)cc1. The molecular weight excluding hydrogens is 326 g/mol. The van der Waals surface area contributed by atoms with Crippen LogP contribution >= 0.6 is 0 Å². The van der Waals surface area contributed by atoms with Gasteiger partial charge >= 0.3 is 0 Å². The minimum absolute atomic E-state index is 0.196. The molecule has 0 fully saturated rings. The van der Waals surface area contributed by atoms with E-state index in [0.29, 0.717) is 24.4 Å². The summed E-state index contributed by atoms with van der Waals surface area (Å²) in [4.78, 5) is 6.67. The smallest absolute Gasteiger partial charge is 0.119 e. The number of benzene rings is 2. The molecule has 0 radical (unpaired) electrons. The Balaban J connectivity index is 1.49. The molecule has 0 saturated carbocycles. The Morgan fingerprint density at radius 3 is 2.65 bits per heavy atom. The molecule has 0 amide bonds. The molecular formula is C21H21N3O2. The molecule has 26 heavy (non-hydrogen) atoms. The Morgan fingerprint density at radius 2 is 1.88 bits per heavy atom. The van der Waals surface area contributed by atoms with Gasteiger partial charge in [-0.1, -0.05) is 24.3 Å². The van der Waals surface area contributed by atoms with E-state index in [9.17, 15) is 5.11 Å². The quantitative estimate of drug-likeness (QED) is 0.711. The number of nitriles is 1. The summed E-state index contributed by atoms with van der Waals surface area (Å²) in [6, 6.07) is 21.0. The first-order chi connectivity index (χ1) is 12.6. The van der Waals surface area contributed by atoms with Crippen molar-refractivity contribution in [2.45, 2.75) is 12.6 Å². The Labute approximate surface area is 153 Å². The van der Waals surface area contributed by atoms with E-state index in [1.165, 1.54) is 0 Å². The molecule has 1 aromatic heterocycles. The van der Waals surface area contributed by atoms with Gasteiger partial charge in [0.05, 0.1) is 22.8 Å². The summed E-state index contributed by atoms with van der Waals surface area (Å²) in [6.45, 7) is 1.32. The van der Waals surface area contributed by atoms with Crippen LogP contribution in [0.25, 0.3) is 10.9 Å². The van der Waals surface area contributed by atoms with Crippen LogP contribution in [-0.2, 0) is 6.54 Å². The largest absolute Gasteiger partial charge is 0.491 e. The van der Waals surface area contributed by atoms with Crippen LogP contribution in [-0.4, -0.2) is 41.3 Å². The second-order valence-electron chi connectivity index (χ2n) is 6.29. The molecule has 2 aromatic carbocycles. The molecule has 1 unspecified atom stereocenters. The normalized spacial score (nSPS) is 12.1. The van der Waals surface area contributed by atoms with Gasteiger partial charge < -0.3 is 9.84 Å². The highest BCUT2D eigenvalue weighted by Crippen LogP contribution is 2.14. The van der Waals surface area contributed by atoms with E-state index in [2.05, 4.69) is 17.1 Å². The van der Waals surface area contributed by atoms with Gasteiger partial charge in [0.15, 0.2) is 0 Å². The Morgan fingerprint density at radius 1 is 1.12 bits per heavy atom. The van der Waals surface area contributed by atoms with Crippen molar-refractivity contribution in [2.75, 3.05) is 20.2 Å². The second kappa shape index (κ2) is 8.43. The lowest BCUT2D eigenvalue weighted by molar-refractivity contribution is 0.0741. The lowest BCUT2D eigenvalue weighted by atomic mass is 10.2. The summed E-state index contributed by atoms with van der Waals surface area (Å²) in [6.07, 6.45) is -0.615. The van der Waals surface area contributed by atoms with Crippen LogP contribution < -0.4 is 4.74 Å². The third-order valence-corrected chi connectivity index (χ3v) is 4.04. The fourth-order valence-corrected chi connectivity index (χ4v) is 2.77. The van der Waals surface area contributed by atoms with Crippen molar-refractivity contribution in [2.24, 2.45) is 0 Å². The predicted molar refractivity (Wildman–Crippen MR) is 101 cm³/mol. The van der Waals surface area contributed by atoms with E-state index < -0.39 is 6.10 Å². The zero-order valence-corrected chi connectivity index (χ0v) is 14.7. The number of para-hydroxylation sites is 1. The molecule has 1 atom stereocenters. The van der Waals surface area contributed by atoms with E-state index in [-0.39, 0.29) is 6.61 Å². The number of aliphatic hydroxyl groups is 1. The third kappa shape index (κ3) is 4.79. The van der Waals surface area contributed by atoms with Crippen LogP contribution in [0.5, 0.6) is 5.75 Å². The van der Waals surface area contributed by atoms with Crippen LogP contribution in [0.3, 0.4) is 0 Å². The zero-order chi connectivity index (χ0) is 18.4. The summed E-state index contributed by atoms with van der Waals surface area (Å²) in [5.41, 5.74) is 2.52. The predicted octanol–water partition coefficient (Wildman–Crippen LogP) is 2.98. The number of fused-ring (bicyclic) bond motifs is 1. The number of aromatic nitrogens is 1. The van der Waals surface area contributed by atoms with Crippen molar-refractivity contribution in [1.82, 2.24) is 9.88 Å². The number of pyridine rings is 1. The first-order valence-electron chi connectivity index (χ1n) is 8.48. The summed E-state index contributed by atoms with van der Waals surface area (Å²) < 4.78 is 5.57. The molecule has 0 saturated heterocycles. The van der Waals surface area contributed by atoms with Crippen LogP contribution in [0.15, 0.2) is 60.7 Å². The van der Waals surface area contributed by atoms with Crippen molar-refractivity contribution in [3.05, 3.63) is 71.9 Å². The van der Waals surface area contributed by atoms with E-state index in [0.717, 1.165) is 16.6 Å². The van der Waals surface area contributed by atoms with Crippen LogP contribution in [0.4, 0.5) is 0 Å². The number of likely N-dealkylation sites (N-methyl/N-ethyl adjacent to an activating group) is 1. The summed E-state index contributed by atoms with van der Waals surface area (Å²) in [5, 5.41) is 20.1. The monoisotopic (exact) mass is 347 g/mol. The van der Waals surface area contributed by atoms with Crippen molar-refractivity contribution in [1.29, 1.82) is 5.26 Å². The highest BCUT2D eigenvalue weighted by molar-refractivity contribution is 5.78. The van der Waals surface area contributed by atoms with Crippen molar-refractivity contribution in [3.63, 3.8) is 0 Å². The van der Waals surface area contributed by atoms with E-state index in [1.54, 1.807) is 24.3 Å². The van der Waals surface area contributed by atoms with Gasteiger partial charge in [0.1, 0.15) is 18.5 Å². The highest BCUT2D eigenvalue weighted by Gasteiger charge is 2.11. The topological polar surface area (TPSA) is 69.4 Å². The van der Waals surface area contributed by atoms with Gasteiger partial charge in [-0.3, -0.25) is 9.88 Å². The molecule has 132 valence electrons. The molecule has 5 nitrogen and oxygen atoms in total. The average molecular weight is 347 g/mol. The van der Waals surface area contributed by atoms with Crippen LogP contribution in [0, 0.1) is 11.3 Å². The first-order valence-corrected chi connectivity index (χ1v) is 8.48. The van der Waals surface area contributed by atoms with Gasteiger partial charge in [0, 0.05) is 18.5 Å². The van der Waals surface area contributed by atoms with Crippen LogP contribution in [0.1, 0.15) is 11.3 Å². The average Bonchev–Trinajstić information content (AvgIpc) is 2.66. The zero-order valence-electron chi connectivity index (χ0n) is 14.7. The number of nitrogens with zero attached hydrogens (tertiary/aromatic N) is 3. The summed E-state index contributed by atoms with van der Waals surface area (Å²) in [7, 11) is 1.95. The van der Waals surface area contributed by atoms with E-state index >= 15 is 0 Å². The maximum Gasteiger partial charge on any atom is 0.119 e. The third-order valence-electron chi connectivity index (χ3n) is 4.04. The molecule has 1 N–H and O–H groups in total. The minimum atomic E-state index is -0.615. The lowest BCUT2D eigenvalue weighted by Gasteiger charge is -2.20. The minimum Gasteiger partial charge on any atom is -0.491 e. The summed E-state index contributed by atoms with van der Waals surface area (Å²) >= 11 is 0. The molecule has 0 aliphatic heterocycles. The maximum atomic E-state index is 10.2.